The van der Waals surface area contributed by atoms with E-state index in [-0.39, 0.29) is 0 Å². The Balaban J connectivity index is 1.60. The van der Waals surface area contributed by atoms with E-state index >= 15 is 0 Å². The molecule has 1 saturated heterocycles. The molecule has 5 heteroatoms. The number of piperidine rings is 1. The lowest BCUT2D eigenvalue weighted by atomic mass is 10.1. The SMILES string of the molecule is CC(C)CCNC(=S)c1ccc2c(c1)N([C@H](C)CN1CCCCC1)c1ccccc1S2. The zero-order chi connectivity index (χ0) is 21.8. The minimum atomic E-state index is 0.400. The molecule has 166 valence electrons. The highest BCUT2D eigenvalue weighted by Crippen LogP contribution is 2.49. The first-order valence-corrected chi connectivity index (χ1v) is 13.0. The Morgan fingerprint density at radius 1 is 1.00 bits per heavy atom. The number of thiocarbonyl (C=S) groups is 1. The monoisotopic (exact) mass is 453 g/mol. The van der Waals surface area contributed by atoms with Crippen LogP contribution in [-0.4, -0.2) is 42.1 Å². The van der Waals surface area contributed by atoms with Crippen molar-refractivity contribution in [2.45, 2.75) is 62.3 Å². The number of fused-ring (bicyclic) bond motifs is 2. The molecule has 0 bridgehead atoms. The summed E-state index contributed by atoms with van der Waals surface area (Å²) in [5.41, 5.74) is 3.73. The Morgan fingerprint density at radius 2 is 1.74 bits per heavy atom. The Bertz CT molecular complexity index is 905. The fourth-order valence-corrected chi connectivity index (χ4v) is 5.85. The summed E-state index contributed by atoms with van der Waals surface area (Å²) in [5, 5.41) is 3.46. The van der Waals surface area contributed by atoms with Gasteiger partial charge in [-0.05, 0) is 69.5 Å². The molecule has 0 unspecified atom stereocenters. The van der Waals surface area contributed by atoms with Gasteiger partial charge in [-0.15, -0.1) is 0 Å². The van der Waals surface area contributed by atoms with Gasteiger partial charge in [0.05, 0.1) is 11.4 Å². The Labute approximate surface area is 197 Å². The lowest BCUT2D eigenvalue weighted by Crippen LogP contribution is -2.43. The number of hydrogen-bond donors (Lipinski definition) is 1. The van der Waals surface area contributed by atoms with Gasteiger partial charge in [-0.1, -0.05) is 62.4 Å². The molecule has 2 heterocycles. The van der Waals surface area contributed by atoms with Crippen LogP contribution < -0.4 is 10.2 Å². The van der Waals surface area contributed by atoms with Gasteiger partial charge in [-0.25, -0.2) is 0 Å². The maximum atomic E-state index is 5.75. The molecule has 31 heavy (non-hydrogen) atoms. The van der Waals surface area contributed by atoms with E-state index in [9.17, 15) is 0 Å². The predicted octanol–water partition coefficient (Wildman–Crippen LogP) is 6.47. The van der Waals surface area contributed by atoms with Crippen molar-refractivity contribution in [2.24, 2.45) is 5.92 Å². The summed E-state index contributed by atoms with van der Waals surface area (Å²) in [6.07, 6.45) is 5.17. The Kier molecular flexibility index (Phi) is 7.57. The van der Waals surface area contributed by atoms with Crippen molar-refractivity contribution in [3.63, 3.8) is 0 Å². The van der Waals surface area contributed by atoms with Crippen molar-refractivity contribution < 1.29 is 0 Å². The van der Waals surface area contributed by atoms with Gasteiger partial charge in [0.15, 0.2) is 0 Å². The minimum absolute atomic E-state index is 0.400. The van der Waals surface area contributed by atoms with Crippen LogP contribution in [0.2, 0.25) is 0 Å². The first-order chi connectivity index (χ1) is 15.0. The third-order valence-corrected chi connectivity index (χ3v) is 7.75. The third kappa shape index (κ3) is 5.44. The smallest absolute Gasteiger partial charge is 0.106 e. The Hall–Kier alpha value is -1.56. The lowest BCUT2D eigenvalue weighted by Gasteiger charge is -2.40. The summed E-state index contributed by atoms with van der Waals surface area (Å²) in [5.74, 6) is 0.679. The van der Waals surface area contributed by atoms with E-state index in [0.717, 1.165) is 30.1 Å². The molecule has 0 amide bonds. The molecule has 0 radical (unpaired) electrons. The minimum Gasteiger partial charge on any atom is -0.376 e. The second-order valence-electron chi connectivity index (χ2n) is 9.27. The molecule has 2 aliphatic rings. The molecule has 4 rings (SSSR count). The number of likely N-dealkylation sites (tertiary alicyclic amines) is 1. The molecule has 2 aliphatic heterocycles. The molecule has 0 spiro atoms. The van der Waals surface area contributed by atoms with Crippen molar-refractivity contribution in [2.75, 3.05) is 31.1 Å². The third-order valence-electron chi connectivity index (χ3n) is 6.24. The summed E-state index contributed by atoms with van der Waals surface area (Å²) in [6.45, 7) is 11.4. The summed E-state index contributed by atoms with van der Waals surface area (Å²) in [7, 11) is 0. The van der Waals surface area contributed by atoms with Crippen LogP contribution in [-0.2, 0) is 0 Å². The second-order valence-corrected chi connectivity index (χ2v) is 10.8. The summed E-state index contributed by atoms with van der Waals surface area (Å²) in [6, 6.07) is 16.0. The van der Waals surface area contributed by atoms with Gasteiger partial charge in [-0.2, -0.15) is 0 Å². The molecule has 0 aromatic heterocycles. The van der Waals surface area contributed by atoms with E-state index in [1.165, 1.54) is 53.5 Å². The van der Waals surface area contributed by atoms with Gasteiger partial charge >= 0.3 is 0 Å². The normalized spacial score (nSPS) is 17.2. The largest absolute Gasteiger partial charge is 0.376 e. The number of nitrogens with zero attached hydrogens (tertiary/aromatic N) is 2. The number of para-hydroxylation sites is 1. The second kappa shape index (κ2) is 10.4. The molecular weight excluding hydrogens is 418 g/mol. The summed E-state index contributed by atoms with van der Waals surface area (Å²) < 4.78 is 0. The van der Waals surface area contributed by atoms with E-state index in [1.54, 1.807) is 0 Å². The van der Waals surface area contributed by atoms with Crippen LogP contribution in [0.3, 0.4) is 0 Å². The van der Waals surface area contributed by atoms with Crippen LogP contribution in [0.5, 0.6) is 0 Å². The highest BCUT2D eigenvalue weighted by Gasteiger charge is 2.28. The van der Waals surface area contributed by atoms with Crippen molar-refractivity contribution in [3.05, 3.63) is 48.0 Å². The number of anilines is 2. The molecule has 2 aromatic carbocycles. The molecule has 2 aromatic rings. The fourth-order valence-electron chi connectivity index (χ4n) is 4.57. The molecular formula is C26H35N3S2. The summed E-state index contributed by atoms with van der Waals surface area (Å²) >= 11 is 7.62. The molecule has 1 fully saturated rings. The number of benzene rings is 2. The van der Waals surface area contributed by atoms with Crippen LogP contribution in [0, 0.1) is 5.92 Å². The molecule has 0 saturated carbocycles. The van der Waals surface area contributed by atoms with E-state index < -0.39 is 0 Å². The maximum absolute atomic E-state index is 5.75. The number of rotatable bonds is 7. The molecule has 1 N–H and O–H groups in total. The van der Waals surface area contributed by atoms with Gasteiger partial charge in [0, 0.05) is 34.5 Å². The molecule has 3 nitrogen and oxygen atoms in total. The van der Waals surface area contributed by atoms with Crippen molar-refractivity contribution in [3.8, 4) is 0 Å². The topological polar surface area (TPSA) is 18.5 Å². The zero-order valence-corrected chi connectivity index (χ0v) is 20.7. The van der Waals surface area contributed by atoms with Crippen LogP contribution in [0.25, 0.3) is 0 Å². The highest BCUT2D eigenvalue weighted by atomic mass is 32.2. The average molecular weight is 454 g/mol. The maximum Gasteiger partial charge on any atom is 0.106 e. The standard InChI is InChI=1S/C26H35N3S2/c1-19(2)13-14-27-26(30)21-11-12-25-23(17-21)29(22-9-5-6-10-24(22)31-25)20(3)18-28-15-7-4-8-16-28/h5-6,9-12,17,19-20H,4,7-8,13-16,18H2,1-3H3,(H,27,30)/t20-/m1/s1. The van der Waals surface area contributed by atoms with Gasteiger partial charge < -0.3 is 15.1 Å². The van der Waals surface area contributed by atoms with Crippen LogP contribution >= 0.6 is 24.0 Å². The number of hydrogen-bond acceptors (Lipinski definition) is 4. The van der Waals surface area contributed by atoms with E-state index in [4.69, 9.17) is 12.2 Å². The van der Waals surface area contributed by atoms with Crippen LogP contribution in [0.1, 0.15) is 52.0 Å². The first-order valence-electron chi connectivity index (χ1n) is 11.7. The quantitative estimate of drug-likeness (QED) is 0.483. The molecule has 0 aliphatic carbocycles. The zero-order valence-electron chi connectivity index (χ0n) is 19.1. The van der Waals surface area contributed by atoms with Gasteiger partial charge in [0.1, 0.15) is 4.99 Å². The fraction of sp³-hybridized carbons (Fsp3) is 0.500. The van der Waals surface area contributed by atoms with E-state index in [2.05, 4.69) is 78.4 Å². The van der Waals surface area contributed by atoms with Crippen LogP contribution in [0.4, 0.5) is 11.4 Å². The summed E-state index contributed by atoms with van der Waals surface area (Å²) in [4.78, 5) is 8.70. The van der Waals surface area contributed by atoms with E-state index in [1.807, 2.05) is 11.8 Å². The predicted molar refractivity (Wildman–Crippen MR) is 138 cm³/mol. The van der Waals surface area contributed by atoms with Gasteiger partial charge in [0.25, 0.3) is 0 Å². The van der Waals surface area contributed by atoms with Crippen molar-refractivity contribution in [1.29, 1.82) is 0 Å². The van der Waals surface area contributed by atoms with Gasteiger partial charge in [-0.3, -0.25) is 0 Å². The lowest BCUT2D eigenvalue weighted by molar-refractivity contribution is 0.219. The van der Waals surface area contributed by atoms with E-state index in [0.29, 0.717) is 12.0 Å². The first kappa shape index (κ1) is 22.6. The van der Waals surface area contributed by atoms with Crippen molar-refractivity contribution >= 4 is 40.3 Å². The molecule has 1 atom stereocenters. The van der Waals surface area contributed by atoms with Crippen LogP contribution in [0.15, 0.2) is 52.3 Å². The Morgan fingerprint density at radius 3 is 2.52 bits per heavy atom. The van der Waals surface area contributed by atoms with Gasteiger partial charge in [0.2, 0.25) is 0 Å². The highest BCUT2D eigenvalue weighted by molar-refractivity contribution is 7.99. The average Bonchev–Trinajstić information content (AvgIpc) is 2.77. The number of nitrogens with one attached hydrogen (secondary N) is 1. The van der Waals surface area contributed by atoms with Crippen molar-refractivity contribution in [1.82, 2.24) is 10.2 Å².